The molecule has 1 fully saturated rings. The van der Waals surface area contributed by atoms with Crippen molar-refractivity contribution in [3.05, 3.63) is 57.8 Å². The third-order valence-electron chi connectivity index (χ3n) is 4.39. The molecule has 0 radical (unpaired) electrons. The Balaban J connectivity index is 1.71. The minimum Gasteiger partial charge on any atom is -0.379 e. The highest BCUT2D eigenvalue weighted by atomic mass is 19.4. The van der Waals surface area contributed by atoms with Gasteiger partial charge in [0.2, 0.25) is 0 Å². The van der Waals surface area contributed by atoms with E-state index in [9.17, 15) is 18.0 Å². The molecule has 26 heavy (non-hydrogen) atoms. The van der Waals surface area contributed by atoms with E-state index in [1.165, 1.54) is 12.3 Å². The lowest BCUT2D eigenvalue weighted by Gasteiger charge is -2.10. The Morgan fingerprint density at radius 2 is 2.19 bits per heavy atom. The number of hydrogen-bond donors (Lipinski definition) is 1. The van der Waals surface area contributed by atoms with E-state index >= 15 is 0 Å². The lowest BCUT2D eigenvalue weighted by Crippen LogP contribution is -2.16. The van der Waals surface area contributed by atoms with Crippen molar-refractivity contribution in [2.75, 3.05) is 13.2 Å². The first-order valence-corrected chi connectivity index (χ1v) is 8.12. The van der Waals surface area contributed by atoms with Crippen LogP contribution in [0, 0.1) is 0 Å². The van der Waals surface area contributed by atoms with Crippen molar-refractivity contribution in [3.63, 3.8) is 0 Å². The summed E-state index contributed by atoms with van der Waals surface area (Å²) >= 11 is 0. The van der Waals surface area contributed by atoms with E-state index in [2.05, 4.69) is 15.1 Å². The number of fused-ring (bicyclic) bond motifs is 1. The number of aromatic amines is 1. The summed E-state index contributed by atoms with van der Waals surface area (Å²) in [5.74, 6) is 0.294. The van der Waals surface area contributed by atoms with E-state index in [4.69, 9.17) is 4.74 Å². The zero-order chi connectivity index (χ0) is 18.3. The third kappa shape index (κ3) is 3.10. The Morgan fingerprint density at radius 3 is 2.92 bits per heavy atom. The number of ether oxygens (including phenoxy) is 1. The summed E-state index contributed by atoms with van der Waals surface area (Å²) < 4.78 is 45.6. The van der Waals surface area contributed by atoms with Crippen LogP contribution in [0.25, 0.3) is 11.0 Å². The second-order valence-corrected chi connectivity index (χ2v) is 6.23. The maximum Gasteiger partial charge on any atom is 0.416 e. The quantitative estimate of drug-likeness (QED) is 0.776. The maximum atomic E-state index is 12.9. The summed E-state index contributed by atoms with van der Waals surface area (Å²) in [7, 11) is 0. The highest BCUT2D eigenvalue weighted by Crippen LogP contribution is 2.30. The minimum atomic E-state index is -4.41. The van der Waals surface area contributed by atoms with Crippen LogP contribution in [0.3, 0.4) is 0 Å². The fraction of sp³-hybridized carbons (Fsp3) is 0.353. The smallest absolute Gasteiger partial charge is 0.379 e. The molecule has 0 amide bonds. The van der Waals surface area contributed by atoms with Crippen molar-refractivity contribution in [1.82, 2.24) is 19.7 Å². The van der Waals surface area contributed by atoms with Gasteiger partial charge in [-0.2, -0.15) is 18.3 Å². The van der Waals surface area contributed by atoms with Gasteiger partial charge in [0.25, 0.3) is 5.56 Å². The zero-order valence-electron chi connectivity index (χ0n) is 13.6. The molecule has 1 atom stereocenters. The molecule has 1 saturated heterocycles. The minimum absolute atomic E-state index is 0.00297. The number of benzene rings is 1. The number of alkyl halides is 3. The Bertz CT molecular complexity index is 1000. The summed E-state index contributed by atoms with van der Waals surface area (Å²) in [5, 5.41) is 4.59. The standard InChI is InChI=1S/C17H15F3N4O2/c18-17(19,20)11-3-1-2-10(6-11)7-14-22-15-13(16(25)23-14)8-21-24(15)12-4-5-26-9-12/h1-3,6,8,12H,4-5,7,9H2,(H,22,23,25). The molecular weight excluding hydrogens is 349 g/mol. The number of nitrogens with zero attached hydrogens (tertiary/aromatic N) is 3. The van der Waals surface area contributed by atoms with Gasteiger partial charge in [0.05, 0.1) is 24.4 Å². The van der Waals surface area contributed by atoms with E-state index in [0.29, 0.717) is 35.6 Å². The first-order valence-electron chi connectivity index (χ1n) is 8.12. The van der Waals surface area contributed by atoms with Gasteiger partial charge in [-0.05, 0) is 18.1 Å². The third-order valence-corrected chi connectivity index (χ3v) is 4.39. The Kier molecular flexibility index (Phi) is 4.03. The molecule has 4 rings (SSSR count). The molecule has 1 N–H and O–H groups in total. The first kappa shape index (κ1) is 16.8. The van der Waals surface area contributed by atoms with Gasteiger partial charge < -0.3 is 9.72 Å². The molecule has 0 spiro atoms. The summed E-state index contributed by atoms with van der Waals surface area (Å²) in [6, 6.07) is 4.99. The topological polar surface area (TPSA) is 72.8 Å². The van der Waals surface area contributed by atoms with Gasteiger partial charge in [-0.1, -0.05) is 18.2 Å². The Labute approximate surface area is 145 Å². The first-order chi connectivity index (χ1) is 12.4. The Morgan fingerprint density at radius 1 is 1.35 bits per heavy atom. The van der Waals surface area contributed by atoms with Crippen LogP contribution in [0.1, 0.15) is 29.4 Å². The number of H-pyrrole nitrogens is 1. The van der Waals surface area contributed by atoms with Gasteiger partial charge in [-0.25, -0.2) is 9.67 Å². The van der Waals surface area contributed by atoms with Crippen LogP contribution < -0.4 is 5.56 Å². The van der Waals surface area contributed by atoms with Crippen LogP contribution in [-0.2, 0) is 17.3 Å². The van der Waals surface area contributed by atoms with Gasteiger partial charge in [-0.3, -0.25) is 4.79 Å². The largest absolute Gasteiger partial charge is 0.416 e. The lowest BCUT2D eigenvalue weighted by atomic mass is 10.1. The van der Waals surface area contributed by atoms with Crippen LogP contribution in [0.4, 0.5) is 13.2 Å². The molecule has 3 heterocycles. The monoisotopic (exact) mass is 364 g/mol. The van der Waals surface area contributed by atoms with E-state index < -0.39 is 11.7 Å². The predicted molar refractivity (Wildman–Crippen MR) is 86.9 cm³/mol. The molecule has 1 unspecified atom stereocenters. The van der Waals surface area contributed by atoms with Crippen molar-refractivity contribution >= 4 is 11.0 Å². The molecule has 1 aliphatic heterocycles. The van der Waals surface area contributed by atoms with Gasteiger partial charge in [0.15, 0.2) is 5.65 Å². The maximum absolute atomic E-state index is 12.9. The van der Waals surface area contributed by atoms with Gasteiger partial charge in [-0.15, -0.1) is 0 Å². The molecule has 1 aromatic carbocycles. The molecule has 136 valence electrons. The number of nitrogens with one attached hydrogen (secondary N) is 1. The summed E-state index contributed by atoms with van der Waals surface area (Å²) in [6.45, 7) is 1.11. The number of halogens is 3. The second-order valence-electron chi connectivity index (χ2n) is 6.23. The van der Waals surface area contributed by atoms with Crippen molar-refractivity contribution in [2.45, 2.75) is 25.1 Å². The molecule has 3 aromatic rings. The normalized spacial score (nSPS) is 17.9. The van der Waals surface area contributed by atoms with E-state index in [1.54, 1.807) is 10.7 Å². The average molecular weight is 364 g/mol. The van der Waals surface area contributed by atoms with Gasteiger partial charge >= 0.3 is 6.18 Å². The fourth-order valence-corrected chi connectivity index (χ4v) is 3.10. The highest BCUT2D eigenvalue weighted by molar-refractivity contribution is 5.73. The SMILES string of the molecule is O=c1[nH]c(Cc2cccc(C(F)(F)F)c2)nc2c1cnn2C1CCOC1. The molecule has 6 nitrogen and oxygen atoms in total. The van der Waals surface area contributed by atoms with Crippen LogP contribution >= 0.6 is 0 Å². The van der Waals surface area contributed by atoms with E-state index in [1.807, 2.05) is 0 Å². The number of rotatable bonds is 3. The van der Waals surface area contributed by atoms with Gasteiger partial charge in [0.1, 0.15) is 11.2 Å². The number of hydrogen-bond acceptors (Lipinski definition) is 4. The van der Waals surface area contributed by atoms with Gasteiger partial charge in [0, 0.05) is 13.0 Å². The van der Waals surface area contributed by atoms with Crippen LogP contribution in [0.2, 0.25) is 0 Å². The summed E-state index contributed by atoms with van der Waals surface area (Å²) in [5.41, 5.74) is -0.252. The van der Waals surface area contributed by atoms with Crippen LogP contribution in [-0.4, -0.2) is 33.0 Å². The molecule has 0 bridgehead atoms. The van der Waals surface area contributed by atoms with Crippen molar-refractivity contribution in [2.24, 2.45) is 0 Å². The molecule has 0 aliphatic carbocycles. The predicted octanol–water partition coefficient (Wildman–Crippen LogP) is 2.69. The molecule has 0 saturated carbocycles. The van der Waals surface area contributed by atoms with E-state index in [-0.39, 0.29) is 18.0 Å². The van der Waals surface area contributed by atoms with Crippen LogP contribution in [0.15, 0.2) is 35.3 Å². The summed E-state index contributed by atoms with van der Waals surface area (Å²) in [4.78, 5) is 19.3. The molecule has 9 heteroatoms. The molecule has 2 aromatic heterocycles. The Hall–Kier alpha value is -2.68. The van der Waals surface area contributed by atoms with Crippen molar-refractivity contribution in [1.29, 1.82) is 0 Å². The second kappa shape index (κ2) is 6.24. The van der Waals surface area contributed by atoms with Crippen molar-refractivity contribution in [3.8, 4) is 0 Å². The molecular formula is C17H15F3N4O2. The lowest BCUT2D eigenvalue weighted by molar-refractivity contribution is -0.137. The fourth-order valence-electron chi connectivity index (χ4n) is 3.10. The molecule has 1 aliphatic rings. The average Bonchev–Trinajstić information content (AvgIpc) is 3.23. The number of aromatic nitrogens is 4. The highest BCUT2D eigenvalue weighted by Gasteiger charge is 2.30. The zero-order valence-corrected chi connectivity index (χ0v) is 13.6. The summed E-state index contributed by atoms with van der Waals surface area (Å²) in [6.07, 6.45) is -2.11. The van der Waals surface area contributed by atoms with E-state index in [0.717, 1.165) is 18.6 Å². The van der Waals surface area contributed by atoms with Crippen LogP contribution in [0.5, 0.6) is 0 Å². The van der Waals surface area contributed by atoms with Crippen molar-refractivity contribution < 1.29 is 17.9 Å².